The molecule has 1 aromatic carbocycles. The van der Waals surface area contributed by atoms with Crippen LogP contribution in [0.1, 0.15) is 23.4 Å². The molecule has 3 N–H and O–H groups in total. The first-order chi connectivity index (χ1) is 13.3. The van der Waals surface area contributed by atoms with Gasteiger partial charge in [0.05, 0.1) is 0 Å². The summed E-state index contributed by atoms with van der Waals surface area (Å²) in [6.07, 6.45) is 0.309. The van der Waals surface area contributed by atoms with Gasteiger partial charge in [-0.25, -0.2) is 15.0 Å². The molecule has 4 rings (SSSR count). The summed E-state index contributed by atoms with van der Waals surface area (Å²) in [5, 5.41) is 11.3. The van der Waals surface area contributed by atoms with E-state index in [4.69, 9.17) is 5.73 Å². The van der Waals surface area contributed by atoms with Crippen LogP contribution < -0.4 is 5.73 Å². The molecule has 3 aromatic rings. The van der Waals surface area contributed by atoms with Crippen LogP contribution in [0.3, 0.4) is 0 Å². The average molecular weight is 393 g/mol. The number of nitrogen functional groups attached to an aromatic ring is 1. The van der Waals surface area contributed by atoms with Crippen LogP contribution in [0.15, 0.2) is 18.2 Å². The fraction of sp³-hybridized carbons (Fsp3) is 0.300. The van der Waals surface area contributed by atoms with Crippen molar-refractivity contribution < 1.29 is 9.90 Å². The summed E-state index contributed by atoms with van der Waals surface area (Å²) in [4.78, 5) is 27.5. The van der Waals surface area contributed by atoms with Gasteiger partial charge in [-0.2, -0.15) is 0 Å². The van der Waals surface area contributed by atoms with Crippen molar-refractivity contribution >= 4 is 33.4 Å². The summed E-state index contributed by atoms with van der Waals surface area (Å²) >= 11 is 1.44. The van der Waals surface area contributed by atoms with Crippen molar-refractivity contribution in [2.45, 2.75) is 25.9 Å². The van der Waals surface area contributed by atoms with Crippen LogP contribution in [0.5, 0.6) is 0 Å². The highest BCUT2D eigenvalue weighted by Gasteiger charge is 2.42. The van der Waals surface area contributed by atoms with E-state index in [1.54, 1.807) is 14.0 Å². The van der Waals surface area contributed by atoms with E-state index in [0.717, 1.165) is 21.0 Å². The van der Waals surface area contributed by atoms with E-state index in [2.05, 4.69) is 26.8 Å². The quantitative estimate of drug-likeness (QED) is 0.612. The fourth-order valence-electron chi connectivity index (χ4n) is 3.14. The van der Waals surface area contributed by atoms with E-state index in [0.29, 0.717) is 35.7 Å². The lowest BCUT2D eigenvalue weighted by atomic mass is 10.0. The van der Waals surface area contributed by atoms with Gasteiger partial charge in [-0.15, -0.1) is 0 Å². The number of likely N-dealkylation sites (tertiary alicyclic amines) is 1. The summed E-state index contributed by atoms with van der Waals surface area (Å²) in [5.74, 6) is 6.31. The van der Waals surface area contributed by atoms with E-state index in [1.807, 2.05) is 25.1 Å². The third-order valence-electron chi connectivity index (χ3n) is 4.79. The zero-order valence-electron chi connectivity index (χ0n) is 15.8. The smallest absolute Gasteiger partial charge is 0.267 e. The molecule has 7 nitrogen and oxygen atoms in total. The van der Waals surface area contributed by atoms with Crippen LogP contribution in [0.4, 0.5) is 5.82 Å². The largest absolute Gasteiger partial charge is 0.382 e. The molecule has 142 valence electrons. The zero-order chi connectivity index (χ0) is 20.1. The fourth-order valence-corrected chi connectivity index (χ4v) is 4.22. The molecule has 0 aliphatic carbocycles. The minimum absolute atomic E-state index is 0.309. The third kappa shape index (κ3) is 3.09. The maximum Gasteiger partial charge on any atom is 0.267 e. The van der Waals surface area contributed by atoms with Crippen molar-refractivity contribution in [3.05, 3.63) is 35.2 Å². The van der Waals surface area contributed by atoms with E-state index in [9.17, 15) is 9.90 Å². The molecule has 28 heavy (non-hydrogen) atoms. The monoisotopic (exact) mass is 393 g/mol. The molecule has 0 radical (unpaired) electrons. The van der Waals surface area contributed by atoms with Gasteiger partial charge in [0.2, 0.25) is 5.60 Å². The molecular weight excluding hydrogens is 374 g/mol. The number of carbonyl (C=O) groups is 1. The maximum atomic E-state index is 12.1. The van der Waals surface area contributed by atoms with Gasteiger partial charge in [0.25, 0.3) is 5.91 Å². The van der Waals surface area contributed by atoms with Gasteiger partial charge < -0.3 is 15.7 Å². The summed E-state index contributed by atoms with van der Waals surface area (Å²) in [5.41, 5.74) is 7.60. The minimum Gasteiger partial charge on any atom is -0.382 e. The van der Waals surface area contributed by atoms with Gasteiger partial charge >= 0.3 is 0 Å². The number of nitrogens with two attached hydrogens (primary N) is 1. The number of hydrogen-bond donors (Lipinski definition) is 2. The molecule has 1 amide bonds. The Kier molecular flexibility index (Phi) is 4.29. The van der Waals surface area contributed by atoms with Crippen molar-refractivity contribution in [3.63, 3.8) is 0 Å². The molecule has 1 fully saturated rings. The highest BCUT2D eigenvalue weighted by Crippen LogP contribution is 2.33. The van der Waals surface area contributed by atoms with Crippen molar-refractivity contribution in [1.29, 1.82) is 0 Å². The first kappa shape index (κ1) is 18.3. The minimum atomic E-state index is -1.61. The predicted molar refractivity (Wildman–Crippen MR) is 109 cm³/mol. The summed E-state index contributed by atoms with van der Waals surface area (Å²) < 4.78 is 0. The number of aromatic nitrogens is 3. The second kappa shape index (κ2) is 6.55. The SMILES string of the molecule is Cc1nc(N)c2nc(-c3cc(C#C[C@]4(O)CCN(C)C4=O)ccc3C)sc2n1. The number of hydrogen-bond acceptors (Lipinski definition) is 7. The lowest BCUT2D eigenvalue weighted by Crippen LogP contribution is -2.37. The van der Waals surface area contributed by atoms with E-state index in [1.165, 1.54) is 16.2 Å². The molecule has 0 unspecified atom stereocenters. The normalized spacial score (nSPS) is 19.1. The number of likely N-dealkylation sites (N-methyl/N-ethyl adjacent to an activating group) is 1. The highest BCUT2D eigenvalue weighted by molar-refractivity contribution is 7.21. The lowest BCUT2D eigenvalue weighted by Gasteiger charge is -2.13. The average Bonchev–Trinajstić information content (AvgIpc) is 3.18. The number of thiazole rings is 1. The Labute approximate surface area is 166 Å². The number of amides is 1. The van der Waals surface area contributed by atoms with Gasteiger partial charge in [0.1, 0.15) is 21.2 Å². The first-order valence-electron chi connectivity index (χ1n) is 8.79. The summed E-state index contributed by atoms with van der Waals surface area (Å²) in [6, 6.07) is 5.71. The Hall–Kier alpha value is -3.02. The molecule has 0 bridgehead atoms. The Morgan fingerprint density at radius 3 is 2.79 bits per heavy atom. The van der Waals surface area contributed by atoms with Crippen LogP contribution in [0, 0.1) is 25.7 Å². The molecule has 1 aliphatic heterocycles. The van der Waals surface area contributed by atoms with Gasteiger partial charge in [-0.1, -0.05) is 29.2 Å². The van der Waals surface area contributed by atoms with Crippen LogP contribution in [-0.2, 0) is 4.79 Å². The second-order valence-corrected chi connectivity index (χ2v) is 7.92. The molecule has 2 aromatic heterocycles. The van der Waals surface area contributed by atoms with E-state index < -0.39 is 5.60 Å². The number of carbonyl (C=O) groups excluding carboxylic acids is 1. The number of nitrogens with zero attached hydrogens (tertiary/aromatic N) is 4. The Morgan fingerprint density at radius 1 is 1.29 bits per heavy atom. The molecule has 0 saturated carbocycles. The van der Waals surface area contributed by atoms with Gasteiger partial charge in [0, 0.05) is 31.1 Å². The number of benzene rings is 1. The zero-order valence-corrected chi connectivity index (χ0v) is 16.6. The van der Waals surface area contributed by atoms with Crippen LogP contribution in [0.25, 0.3) is 20.9 Å². The van der Waals surface area contributed by atoms with Gasteiger partial charge in [-0.3, -0.25) is 4.79 Å². The maximum absolute atomic E-state index is 12.1. The summed E-state index contributed by atoms with van der Waals surface area (Å²) in [7, 11) is 1.66. The number of rotatable bonds is 1. The standard InChI is InChI=1S/C20H19N5O2S/c1-11-4-5-13(6-7-20(27)8-9-25(3)19(20)26)10-14(11)17-24-15-16(21)22-12(2)23-18(15)28-17/h4-5,10,27H,8-9H2,1-3H3,(H2,21,22,23)/t20-/m0/s1. The molecular formula is C20H19N5O2S. The Balaban J connectivity index is 1.74. The van der Waals surface area contributed by atoms with Crippen molar-refractivity contribution in [2.75, 3.05) is 19.3 Å². The lowest BCUT2D eigenvalue weighted by molar-refractivity contribution is -0.137. The van der Waals surface area contributed by atoms with Gasteiger partial charge in [-0.05, 0) is 31.5 Å². The molecule has 8 heteroatoms. The van der Waals surface area contributed by atoms with Crippen LogP contribution in [0.2, 0.25) is 0 Å². The molecule has 1 aliphatic rings. The van der Waals surface area contributed by atoms with E-state index in [-0.39, 0.29) is 5.91 Å². The summed E-state index contributed by atoms with van der Waals surface area (Å²) in [6.45, 7) is 4.28. The Bertz CT molecular complexity index is 1180. The van der Waals surface area contributed by atoms with Crippen LogP contribution >= 0.6 is 11.3 Å². The topological polar surface area (TPSA) is 105 Å². The predicted octanol–water partition coefficient (Wildman–Crippen LogP) is 1.90. The van der Waals surface area contributed by atoms with Gasteiger partial charge in [0.15, 0.2) is 5.82 Å². The Morgan fingerprint density at radius 2 is 2.07 bits per heavy atom. The van der Waals surface area contributed by atoms with Crippen molar-refractivity contribution in [3.8, 4) is 22.4 Å². The van der Waals surface area contributed by atoms with Crippen molar-refractivity contribution in [1.82, 2.24) is 19.9 Å². The number of aryl methyl sites for hydroxylation is 2. The van der Waals surface area contributed by atoms with Crippen LogP contribution in [-0.4, -0.2) is 50.1 Å². The number of aliphatic hydroxyl groups is 1. The second-order valence-electron chi connectivity index (χ2n) is 6.95. The third-order valence-corrected chi connectivity index (χ3v) is 5.77. The highest BCUT2D eigenvalue weighted by atomic mass is 32.1. The van der Waals surface area contributed by atoms with Crippen molar-refractivity contribution in [2.24, 2.45) is 0 Å². The molecule has 1 atom stereocenters. The number of anilines is 1. The number of fused-ring (bicyclic) bond motifs is 1. The van der Waals surface area contributed by atoms with E-state index >= 15 is 0 Å². The molecule has 3 heterocycles. The molecule has 0 spiro atoms. The molecule has 1 saturated heterocycles. The first-order valence-corrected chi connectivity index (χ1v) is 9.61.